The van der Waals surface area contributed by atoms with Gasteiger partial charge in [-0.2, -0.15) is 0 Å². The van der Waals surface area contributed by atoms with Crippen LogP contribution in [0.15, 0.2) is 24.3 Å². The highest BCUT2D eigenvalue weighted by molar-refractivity contribution is 8.16. The van der Waals surface area contributed by atoms with Gasteiger partial charge in [0.05, 0.1) is 4.58 Å². The zero-order valence-corrected chi connectivity index (χ0v) is 16.9. The predicted molar refractivity (Wildman–Crippen MR) is 111 cm³/mol. The van der Waals surface area contributed by atoms with Crippen molar-refractivity contribution >= 4 is 41.8 Å². The van der Waals surface area contributed by atoms with Crippen molar-refractivity contribution in [2.24, 2.45) is 11.8 Å². The van der Waals surface area contributed by atoms with Crippen molar-refractivity contribution in [1.29, 1.82) is 0 Å². The lowest BCUT2D eigenvalue weighted by Gasteiger charge is -2.23. The van der Waals surface area contributed by atoms with Gasteiger partial charge in [0, 0.05) is 18.7 Å². The minimum atomic E-state index is 0. The lowest BCUT2D eigenvalue weighted by atomic mass is 9.92. The Morgan fingerprint density at radius 3 is 2.20 bits per heavy atom. The molecule has 0 aliphatic carbocycles. The van der Waals surface area contributed by atoms with Crippen LogP contribution in [-0.4, -0.2) is 48.5 Å². The van der Waals surface area contributed by atoms with Crippen molar-refractivity contribution in [3.05, 3.63) is 35.4 Å². The predicted octanol–water partition coefficient (Wildman–Crippen LogP) is 4.05. The van der Waals surface area contributed by atoms with Gasteiger partial charge in [0.2, 0.25) is 0 Å². The maximum Gasteiger partial charge on any atom is 0.253 e. The molecule has 0 radical (unpaired) electrons. The van der Waals surface area contributed by atoms with E-state index in [9.17, 15) is 4.79 Å². The SMILES string of the molecule is Cl.O=C(c1ccc(C2SCCCS2)cc1)N1CC[C@@H]2CNC[C@@H]2CC1. The van der Waals surface area contributed by atoms with Gasteiger partial charge in [0.25, 0.3) is 5.91 Å². The third-order valence-corrected chi connectivity index (χ3v) is 8.58. The Bertz CT molecular complexity index is 563. The number of carbonyl (C=O) groups is 1. The summed E-state index contributed by atoms with van der Waals surface area (Å²) in [6.07, 6.45) is 3.61. The Morgan fingerprint density at radius 2 is 1.60 bits per heavy atom. The normalized spacial score (nSPS) is 27.3. The first-order valence-electron chi connectivity index (χ1n) is 9.14. The van der Waals surface area contributed by atoms with Gasteiger partial charge in [-0.3, -0.25) is 4.79 Å². The lowest BCUT2D eigenvalue weighted by Crippen LogP contribution is -2.32. The molecule has 3 aliphatic rings. The second kappa shape index (κ2) is 9.03. The number of thioether (sulfide) groups is 2. The summed E-state index contributed by atoms with van der Waals surface area (Å²) < 4.78 is 0.549. The van der Waals surface area contributed by atoms with E-state index in [4.69, 9.17) is 0 Å². The highest BCUT2D eigenvalue weighted by Crippen LogP contribution is 2.43. The number of fused-ring (bicyclic) bond motifs is 1. The maximum atomic E-state index is 12.9. The molecule has 3 aliphatic heterocycles. The van der Waals surface area contributed by atoms with Crippen LogP contribution in [0.5, 0.6) is 0 Å². The summed E-state index contributed by atoms with van der Waals surface area (Å²) in [5, 5.41) is 3.50. The van der Waals surface area contributed by atoms with Crippen LogP contribution in [0.25, 0.3) is 0 Å². The van der Waals surface area contributed by atoms with Crippen LogP contribution in [-0.2, 0) is 0 Å². The highest BCUT2D eigenvalue weighted by atomic mass is 35.5. The molecule has 0 unspecified atom stereocenters. The summed E-state index contributed by atoms with van der Waals surface area (Å²) in [6.45, 7) is 4.10. The topological polar surface area (TPSA) is 32.3 Å². The minimum absolute atomic E-state index is 0. The van der Waals surface area contributed by atoms with Gasteiger partial charge in [0.15, 0.2) is 0 Å². The fourth-order valence-electron chi connectivity index (χ4n) is 4.07. The molecule has 6 heteroatoms. The number of benzene rings is 1. The van der Waals surface area contributed by atoms with Gasteiger partial charge >= 0.3 is 0 Å². The standard InChI is InChI=1S/C19H26N2OS2.ClH/c22-18(21-8-6-16-12-20-13-17(16)7-9-21)14-2-4-15(5-3-14)19-23-10-1-11-24-19;/h2-5,16-17,19-20H,1,6-13H2;1H/t16-,17+;. The molecule has 4 rings (SSSR count). The van der Waals surface area contributed by atoms with Crippen molar-refractivity contribution in [2.45, 2.75) is 23.8 Å². The third kappa shape index (κ3) is 4.49. The van der Waals surface area contributed by atoms with E-state index in [-0.39, 0.29) is 18.3 Å². The van der Waals surface area contributed by atoms with Gasteiger partial charge in [-0.15, -0.1) is 35.9 Å². The Balaban J connectivity index is 0.00000182. The summed E-state index contributed by atoms with van der Waals surface area (Å²) in [4.78, 5) is 14.9. The van der Waals surface area contributed by atoms with Gasteiger partial charge < -0.3 is 10.2 Å². The van der Waals surface area contributed by atoms with Crippen LogP contribution in [0, 0.1) is 11.8 Å². The first-order chi connectivity index (χ1) is 11.8. The molecule has 3 fully saturated rings. The Kier molecular flexibility index (Phi) is 7.01. The van der Waals surface area contributed by atoms with Crippen LogP contribution >= 0.6 is 35.9 Å². The number of nitrogens with one attached hydrogen (secondary N) is 1. The van der Waals surface area contributed by atoms with Crippen LogP contribution in [0.1, 0.15) is 39.8 Å². The number of amides is 1. The Hall–Kier alpha value is -0.360. The Labute approximate surface area is 165 Å². The van der Waals surface area contributed by atoms with Gasteiger partial charge in [-0.05, 0) is 73.4 Å². The number of hydrogen-bond donors (Lipinski definition) is 1. The highest BCUT2D eigenvalue weighted by Gasteiger charge is 2.31. The van der Waals surface area contributed by atoms with Crippen molar-refractivity contribution in [2.75, 3.05) is 37.7 Å². The number of rotatable bonds is 2. The van der Waals surface area contributed by atoms with Crippen molar-refractivity contribution < 1.29 is 4.79 Å². The monoisotopic (exact) mass is 398 g/mol. The molecular weight excluding hydrogens is 372 g/mol. The van der Waals surface area contributed by atoms with E-state index < -0.39 is 0 Å². The average Bonchev–Trinajstić information content (AvgIpc) is 3.00. The molecule has 0 bridgehead atoms. The summed E-state index contributed by atoms with van der Waals surface area (Å²) in [6, 6.07) is 8.42. The largest absolute Gasteiger partial charge is 0.339 e. The number of likely N-dealkylation sites (tertiary alicyclic amines) is 1. The molecule has 1 amide bonds. The average molecular weight is 399 g/mol. The second-order valence-corrected chi connectivity index (χ2v) is 9.82. The van der Waals surface area contributed by atoms with E-state index >= 15 is 0 Å². The molecule has 138 valence electrons. The molecule has 3 nitrogen and oxygen atoms in total. The molecule has 1 N–H and O–H groups in total. The number of carbonyl (C=O) groups excluding carboxylic acids is 1. The maximum absolute atomic E-state index is 12.9. The van der Waals surface area contributed by atoms with Crippen molar-refractivity contribution in [1.82, 2.24) is 10.2 Å². The van der Waals surface area contributed by atoms with Crippen molar-refractivity contribution in [3.8, 4) is 0 Å². The van der Waals surface area contributed by atoms with E-state index in [0.717, 1.165) is 56.4 Å². The van der Waals surface area contributed by atoms with Crippen LogP contribution < -0.4 is 5.32 Å². The van der Waals surface area contributed by atoms with Crippen molar-refractivity contribution in [3.63, 3.8) is 0 Å². The van der Waals surface area contributed by atoms with Gasteiger partial charge in [-0.25, -0.2) is 0 Å². The van der Waals surface area contributed by atoms with Gasteiger partial charge in [0.1, 0.15) is 0 Å². The molecule has 3 heterocycles. The van der Waals surface area contributed by atoms with Gasteiger partial charge in [-0.1, -0.05) is 12.1 Å². The van der Waals surface area contributed by atoms with Crippen LogP contribution in [0.3, 0.4) is 0 Å². The van der Waals surface area contributed by atoms with E-state index in [2.05, 4.69) is 22.3 Å². The number of halogens is 1. The minimum Gasteiger partial charge on any atom is -0.339 e. The zero-order chi connectivity index (χ0) is 16.4. The fourth-order valence-corrected chi connectivity index (χ4v) is 6.96. The first kappa shape index (κ1) is 19.4. The van der Waals surface area contributed by atoms with E-state index in [1.165, 1.54) is 23.5 Å². The summed E-state index contributed by atoms with van der Waals surface area (Å²) >= 11 is 4.06. The smallest absolute Gasteiger partial charge is 0.253 e. The quantitative estimate of drug-likeness (QED) is 0.814. The molecule has 25 heavy (non-hydrogen) atoms. The molecule has 1 aromatic rings. The molecule has 0 aromatic heterocycles. The number of hydrogen-bond acceptors (Lipinski definition) is 4. The third-order valence-electron chi connectivity index (χ3n) is 5.56. The summed E-state index contributed by atoms with van der Waals surface area (Å²) in [5.41, 5.74) is 2.22. The summed E-state index contributed by atoms with van der Waals surface area (Å²) in [7, 11) is 0. The molecular formula is C19H27ClN2OS2. The molecule has 2 atom stereocenters. The van der Waals surface area contributed by atoms with Crippen LogP contribution in [0.2, 0.25) is 0 Å². The first-order valence-corrected chi connectivity index (χ1v) is 11.2. The fraction of sp³-hybridized carbons (Fsp3) is 0.632. The zero-order valence-electron chi connectivity index (χ0n) is 14.5. The number of nitrogens with zero attached hydrogens (tertiary/aromatic N) is 1. The molecule has 1 aromatic carbocycles. The summed E-state index contributed by atoms with van der Waals surface area (Å²) in [5.74, 6) is 4.27. The van der Waals surface area contributed by atoms with Crippen LogP contribution in [0.4, 0.5) is 0 Å². The lowest BCUT2D eigenvalue weighted by molar-refractivity contribution is 0.0758. The van der Waals surface area contributed by atoms with E-state index in [1.54, 1.807) is 0 Å². The molecule has 0 spiro atoms. The second-order valence-electron chi connectivity index (χ2n) is 7.10. The molecule has 0 saturated carbocycles. The van der Waals surface area contributed by atoms with E-state index in [0.29, 0.717) is 4.58 Å². The molecule has 3 saturated heterocycles. The van der Waals surface area contributed by atoms with E-state index in [1.807, 2.05) is 35.7 Å². The Morgan fingerprint density at radius 1 is 1.00 bits per heavy atom.